The van der Waals surface area contributed by atoms with E-state index in [-0.39, 0.29) is 5.72 Å². The molecule has 3 atom stereocenters. The molecule has 2 aliphatic carbocycles. The minimum absolute atomic E-state index is 0.277. The van der Waals surface area contributed by atoms with E-state index >= 15 is 0 Å². The smallest absolute Gasteiger partial charge is 0.189 e. The van der Waals surface area contributed by atoms with Crippen LogP contribution in [0.4, 0.5) is 0 Å². The highest BCUT2D eigenvalue weighted by molar-refractivity contribution is 5.57. The molecule has 32 heavy (non-hydrogen) atoms. The van der Waals surface area contributed by atoms with Crippen molar-refractivity contribution in [1.82, 2.24) is 4.90 Å². The van der Waals surface area contributed by atoms with E-state index in [2.05, 4.69) is 71.6 Å². The molecule has 0 bridgehead atoms. The fourth-order valence-electron chi connectivity index (χ4n) is 7.01. The van der Waals surface area contributed by atoms with E-state index in [1.54, 1.807) is 5.57 Å². The number of likely N-dealkylation sites (tertiary alicyclic amines) is 1. The van der Waals surface area contributed by atoms with Crippen LogP contribution < -0.4 is 0 Å². The van der Waals surface area contributed by atoms with Gasteiger partial charge in [-0.2, -0.15) is 0 Å². The van der Waals surface area contributed by atoms with Gasteiger partial charge in [-0.15, -0.1) is 0 Å². The Labute approximate surface area is 193 Å². The lowest BCUT2D eigenvalue weighted by atomic mass is 9.63. The number of nitrogens with zero attached hydrogens (tertiary/aromatic N) is 1. The van der Waals surface area contributed by atoms with Crippen LogP contribution in [0.2, 0.25) is 0 Å². The van der Waals surface area contributed by atoms with Crippen molar-refractivity contribution in [2.75, 3.05) is 13.1 Å². The fourth-order valence-corrected chi connectivity index (χ4v) is 7.01. The van der Waals surface area contributed by atoms with Crippen LogP contribution in [-0.4, -0.2) is 23.7 Å². The SMILES string of the molecule is C(=C1/CCC[C@H]2[C@@H](c3ccccc3)C3=C(CCCC3)O[C@]12N1CCCC1)/c1ccccc1. The molecule has 1 saturated heterocycles. The van der Waals surface area contributed by atoms with Crippen LogP contribution in [0.25, 0.3) is 6.08 Å². The summed E-state index contributed by atoms with van der Waals surface area (Å²) in [6.45, 7) is 2.32. The van der Waals surface area contributed by atoms with Gasteiger partial charge in [0.05, 0.1) is 5.76 Å². The zero-order valence-electron chi connectivity index (χ0n) is 19.1. The summed E-state index contributed by atoms with van der Waals surface area (Å²) in [5.41, 5.74) is 5.66. The van der Waals surface area contributed by atoms with Crippen LogP contribution in [0.3, 0.4) is 0 Å². The molecule has 2 heteroatoms. The Bertz CT molecular complexity index is 1000. The summed E-state index contributed by atoms with van der Waals surface area (Å²) in [5.74, 6) is 2.30. The average Bonchev–Trinajstić information content (AvgIpc) is 3.40. The molecule has 2 fully saturated rings. The first kappa shape index (κ1) is 20.3. The van der Waals surface area contributed by atoms with Gasteiger partial charge in [-0.1, -0.05) is 66.7 Å². The molecule has 0 unspecified atom stereocenters. The van der Waals surface area contributed by atoms with Gasteiger partial charge < -0.3 is 4.74 Å². The number of ether oxygens (including phenoxy) is 1. The number of benzene rings is 2. The highest BCUT2D eigenvalue weighted by Gasteiger charge is 2.58. The molecule has 166 valence electrons. The molecule has 2 aliphatic heterocycles. The summed E-state index contributed by atoms with van der Waals surface area (Å²) >= 11 is 0. The second kappa shape index (κ2) is 8.56. The monoisotopic (exact) mass is 425 g/mol. The first-order valence-corrected chi connectivity index (χ1v) is 12.8. The largest absolute Gasteiger partial charge is 0.473 e. The number of fused-ring (bicyclic) bond motifs is 1. The van der Waals surface area contributed by atoms with E-state index in [4.69, 9.17) is 4.74 Å². The molecule has 0 spiro atoms. The van der Waals surface area contributed by atoms with Crippen molar-refractivity contribution in [1.29, 1.82) is 0 Å². The van der Waals surface area contributed by atoms with Crippen LogP contribution in [0.1, 0.15) is 74.8 Å². The molecular formula is C30H35NO. The standard InChI is InChI=1S/C30H35NO/c1-3-12-23(13-4-1)22-25-16-11-18-27-29(24-14-5-2-6-15-24)26-17-7-8-19-28(26)32-30(25,27)31-20-9-10-21-31/h1-6,12-15,22,27,29H,7-11,16-21H2/b25-22+/t27-,29-,30+/m0/s1. The number of hydrogen-bond acceptors (Lipinski definition) is 2. The van der Waals surface area contributed by atoms with Crippen molar-refractivity contribution in [3.8, 4) is 0 Å². The maximum Gasteiger partial charge on any atom is 0.189 e. The second-order valence-corrected chi connectivity index (χ2v) is 10.1. The summed E-state index contributed by atoms with van der Waals surface area (Å²) in [6.07, 6.45) is 13.6. The molecule has 2 nitrogen and oxygen atoms in total. The molecule has 4 aliphatic rings. The van der Waals surface area contributed by atoms with Gasteiger partial charge in [0.2, 0.25) is 0 Å². The zero-order valence-corrected chi connectivity index (χ0v) is 19.1. The molecule has 0 amide bonds. The van der Waals surface area contributed by atoms with Gasteiger partial charge in [-0.05, 0) is 73.6 Å². The number of allylic oxidation sites excluding steroid dienone is 2. The first-order valence-electron chi connectivity index (χ1n) is 12.8. The van der Waals surface area contributed by atoms with Crippen LogP contribution in [0.15, 0.2) is 77.6 Å². The van der Waals surface area contributed by atoms with Crippen molar-refractivity contribution in [3.63, 3.8) is 0 Å². The summed E-state index contributed by atoms with van der Waals surface area (Å²) in [4.78, 5) is 2.74. The van der Waals surface area contributed by atoms with E-state index in [9.17, 15) is 0 Å². The van der Waals surface area contributed by atoms with Crippen molar-refractivity contribution in [2.45, 2.75) is 69.4 Å². The molecule has 1 saturated carbocycles. The van der Waals surface area contributed by atoms with Gasteiger partial charge in [-0.25, -0.2) is 0 Å². The first-order chi connectivity index (χ1) is 15.9. The summed E-state index contributed by atoms with van der Waals surface area (Å²) in [6, 6.07) is 22.3. The molecule has 2 aromatic carbocycles. The Kier molecular flexibility index (Phi) is 5.43. The molecular weight excluding hydrogens is 390 g/mol. The highest BCUT2D eigenvalue weighted by Crippen LogP contribution is 2.58. The number of rotatable bonds is 3. The van der Waals surface area contributed by atoms with Crippen LogP contribution in [-0.2, 0) is 4.74 Å². The quantitative estimate of drug-likeness (QED) is 0.511. The van der Waals surface area contributed by atoms with Crippen LogP contribution >= 0.6 is 0 Å². The zero-order chi connectivity index (χ0) is 21.4. The third-order valence-corrected chi connectivity index (χ3v) is 8.31. The van der Waals surface area contributed by atoms with Crippen LogP contribution in [0.5, 0.6) is 0 Å². The molecule has 2 heterocycles. The molecule has 0 radical (unpaired) electrons. The lowest BCUT2D eigenvalue weighted by Crippen LogP contribution is -2.61. The predicted molar refractivity (Wildman–Crippen MR) is 131 cm³/mol. The molecule has 0 aromatic heterocycles. The van der Waals surface area contributed by atoms with E-state index in [0.717, 1.165) is 25.9 Å². The van der Waals surface area contributed by atoms with Crippen molar-refractivity contribution in [2.24, 2.45) is 5.92 Å². The summed E-state index contributed by atoms with van der Waals surface area (Å²) in [7, 11) is 0. The third-order valence-electron chi connectivity index (χ3n) is 8.31. The summed E-state index contributed by atoms with van der Waals surface area (Å²) in [5, 5.41) is 0. The maximum absolute atomic E-state index is 7.34. The topological polar surface area (TPSA) is 12.5 Å². The lowest BCUT2D eigenvalue weighted by Gasteiger charge is -2.57. The van der Waals surface area contributed by atoms with E-state index in [1.165, 1.54) is 67.4 Å². The lowest BCUT2D eigenvalue weighted by molar-refractivity contribution is -0.161. The molecule has 0 N–H and O–H groups in total. The van der Waals surface area contributed by atoms with E-state index < -0.39 is 0 Å². The van der Waals surface area contributed by atoms with Crippen molar-refractivity contribution < 1.29 is 4.74 Å². The van der Waals surface area contributed by atoms with Crippen molar-refractivity contribution >= 4 is 6.08 Å². The fraction of sp³-hybridized carbons (Fsp3) is 0.467. The Balaban J connectivity index is 1.55. The van der Waals surface area contributed by atoms with Gasteiger partial charge in [0.15, 0.2) is 5.72 Å². The Hall–Kier alpha value is -2.32. The Morgan fingerprint density at radius 2 is 1.50 bits per heavy atom. The van der Waals surface area contributed by atoms with Gasteiger partial charge >= 0.3 is 0 Å². The molecule has 2 aromatic rings. The second-order valence-electron chi connectivity index (χ2n) is 10.1. The maximum atomic E-state index is 7.34. The summed E-state index contributed by atoms with van der Waals surface area (Å²) < 4.78 is 7.34. The minimum Gasteiger partial charge on any atom is -0.473 e. The third kappa shape index (κ3) is 3.35. The van der Waals surface area contributed by atoms with Gasteiger partial charge in [-0.3, -0.25) is 4.90 Å². The average molecular weight is 426 g/mol. The van der Waals surface area contributed by atoms with Gasteiger partial charge in [0.25, 0.3) is 0 Å². The highest BCUT2D eigenvalue weighted by atomic mass is 16.5. The van der Waals surface area contributed by atoms with Crippen molar-refractivity contribution in [3.05, 3.63) is 88.7 Å². The normalized spacial score (nSPS) is 31.8. The van der Waals surface area contributed by atoms with Gasteiger partial charge in [0, 0.05) is 31.3 Å². The number of hydrogen-bond donors (Lipinski definition) is 0. The Morgan fingerprint density at radius 1 is 0.781 bits per heavy atom. The van der Waals surface area contributed by atoms with Crippen LogP contribution in [0, 0.1) is 5.92 Å². The van der Waals surface area contributed by atoms with E-state index in [0.29, 0.717) is 11.8 Å². The minimum atomic E-state index is -0.277. The van der Waals surface area contributed by atoms with E-state index in [1.807, 2.05) is 0 Å². The predicted octanol–water partition coefficient (Wildman–Crippen LogP) is 7.30. The molecule has 6 rings (SSSR count). The van der Waals surface area contributed by atoms with Gasteiger partial charge in [0.1, 0.15) is 0 Å². The Morgan fingerprint density at radius 3 is 2.28 bits per heavy atom.